The summed E-state index contributed by atoms with van der Waals surface area (Å²) >= 11 is 1.82. The lowest BCUT2D eigenvalue weighted by Gasteiger charge is -2.10. The molecule has 1 aromatic rings. The third kappa shape index (κ3) is 1.40. The lowest BCUT2D eigenvalue weighted by Crippen LogP contribution is -2.27. The van der Waals surface area contributed by atoms with Gasteiger partial charge in [-0.15, -0.1) is 11.3 Å². The van der Waals surface area contributed by atoms with Crippen LogP contribution < -0.4 is 5.73 Å². The van der Waals surface area contributed by atoms with Gasteiger partial charge in [-0.3, -0.25) is 0 Å². The van der Waals surface area contributed by atoms with E-state index in [1.807, 2.05) is 11.3 Å². The first-order valence-electron chi connectivity index (χ1n) is 4.25. The summed E-state index contributed by atoms with van der Waals surface area (Å²) in [6, 6.07) is 4.62. The number of thiophene rings is 1. The van der Waals surface area contributed by atoms with Crippen LogP contribution >= 0.6 is 11.3 Å². The Labute approximate surface area is 77.0 Å². The minimum Gasteiger partial charge on any atom is -0.326 e. The van der Waals surface area contributed by atoms with Crippen molar-refractivity contribution in [2.75, 3.05) is 20.1 Å². The molecule has 2 N–H and O–H groups in total. The van der Waals surface area contributed by atoms with Crippen molar-refractivity contribution in [2.45, 2.75) is 12.0 Å². The van der Waals surface area contributed by atoms with Crippen LogP contribution in [0.5, 0.6) is 0 Å². The van der Waals surface area contributed by atoms with Gasteiger partial charge in [-0.2, -0.15) is 0 Å². The summed E-state index contributed by atoms with van der Waals surface area (Å²) in [5.41, 5.74) is 6.03. The Hall–Kier alpha value is -0.380. The second kappa shape index (κ2) is 3.17. The molecule has 2 atom stereocenters. The Kier molecular flexibility index (Phi) is 2.17. The Balaban J connectivity index is 2.15. The molecule has 0 radical (unpaired) electrons. The number of hydrogen-bond donors (Lipinski definition) is 1. The SMILES string of the molecule is CN1CC(N)C(c2cccs2)C1. The highest BCUT2D eigenvalue weighted by Gasteiger charge is 2.29. The highest BCUT2D eigenvalue weighted by molar-refractivity contribution is 7.10. The van der Waals surface area contributed by atoms with Gasteiger partial charge >= 0.3 is 0 Å². The summed E-state index contributed by atoms with van der Waals surface area (Å²) in [5, 5.41) is 2.13. The maximum atomic E-state index is 6.03. The van der Waals surface area contributed by atoms with Gasteiger partial charge in [0.15, 0.2) is 0 Å². The highest BCUT2D eigenvalue weighted by atomic mass is 32.1. The van der Waals surface area contributed by atoms with Crippen LogP contribution in [0.15, 0.2) is 17.5 Å². The van der Waals surface area contributed by atoms with E-state index < -0.39 is 0 Å². The third-order valence-corrected chi connectivity index (χ3v) is 3.46. The van der Waals surface area contributed by atoms with E-state index in [2.05, 4.69) is 29.5 Å². The summed E-state index contributed by atoms with van der Waals surface area (Å²) in [4.78, 5) is 3.74. The quantitative estimate of drug-likeness (QED) is 0.705. The van der Waals surface area contributed by atoms with Crippen LogP contribution in [-0.2, 0) is 0 Å². The van der Waals surface area contributed by atoms with Gasteiger partial charge in [0.1, 0.15) is 0 Å². The number of hydrogen-bond acceptors (Lipinski definition) is 3. The Morgan fingerprint density at radius 1 is 1.58 bits per heavy atom. The highest BCUT2D eigenvalue weighted by Crippen LogP contribution is 2.28. The molecule has 1 fully saturated rings. The van der Waals surface area contributed by atoms with Crippen molar-refractivity contribution >= 4 is 11.3 Å². The monoisotopic (exact) mass is 182 g/mol. The molecule has 0 spiro atoms. The maximum absolute atomic E-state index is 6.03. The van der Waals surface area contributed by atoms with Crippen molar-refractivity contribution < 1.29 is 0 Å². The standard InChI is InChI=1S/C9H14N2S/c1-11-5-7(8(10)6-11)9-3-2-4-12-9/h2-4,7-8H,5-6,10H2,1H3. The van der Waals surface area contributed by atoms with Crippen LogP contribution in [-0.4, -0.2) is 31.1 Å². The molecule has 2 rings (SSSR count). The number of rotatable bonds is 1. The second-order valence-electron chi connectivity index (χ2n) is 3.51. The van der Waals surface area contributed by atoms with Crippen molar-refractivity contribution in [3.05, 3.63) is 22.4 Å². The lowest BCUT2D eigenvalue weighted by molar-refractivity contribution is 0.408. The molecular weight excluding hydrogens is 168 g/mol. The van der Waals surface area contributed by atoms with Crippen LogP contribution in [0.1, 0.15) is 10.8 Å². The average Bonchev–Trinajstić information content (AvgIpc) is 2.58. The smallest absolute Gasteiger partial charge is 0.0257 e. The predicted octanol–water partition coefficient (Wildman–Crippen LogP) is 1.10. The molecular formula is C9H14N2S. The third-order valence-electron chi connectivity index (χ3n) is 2.46. The first-order chi connectivity index (χ1) is 5.77. The molecule has 0 amide bonds. The first-order valence-corrected chi connectivity index (χ1v) is 5.13. The molecule has 0 bridgehead atoms. The molecule has 2 nitrogen and oxygen atoms in total. The van der Waals surface area contributed by atoms with Crippen LogP contribution in [0.25, 0.3) is 0 Å². The van der Waals surface area contributed by atoms with E-state index in [-0.39, 0.29) is 0 Å². The Morgan fingerprint density at radius 3 is 2.92 bits per heavy atom. The number of nitrogens with zero attached hydrogens (tertiary/aromatic N) is 1. The fraction of sp³-hybridized carbons (Fsp3) is 0.556. The molecule has 1 aliphatic heterocycles. The molecule has 66 valence electrons. The van der Waals surface area contributed by atoms with E-state index in [0.717, 1.165) is 13.1 Å². The minimum atomic E-state index is 0.327. The lowest BCUT2D eigenvalue weighted by atomic mass is 10.0. The van der Waals surface area contributed by atoms with Gasteiger partial charge in [0.2, 0.25) is 0 Å². The van der Waals surface area contributed by atoms with Gasteiger partial charge in [-0.1, -0.05) is 6.07 Å². The first kappa shape index (κ1) is 8.23. The zero-order valence-corrected chi connectivity index (χ0v) is 8.05. The zero-order valence-electron chi connectivity index (χ0n) is 7.23. The van der Waals surface area contributed by atoms with Crippen molar-refractivity contribution in [2.24, 2.45) is 5.73 Å². The van der Waals surface area contributed by atoms with E-state index >= 15 is 0 Å². The number of nitrogens with two attached hydrogens (primary N) is 1. The zero-order chi connectivity index (χ0) is 8.55. The molecule has 1 aromatic heterocycles. The molecule has 0 saturated carbocycles. The summed E-state index contributed by atoms with van der Waals surface area (Å²) in [5.74, 6) is 0.565. The van der Waals surface area contributed by atoms with Crippen LogP contribution in [0.2, 0.25) is 0 Å². The molecule has 2 heterocycles. The van der Waals surface area contributed by atoms with Crippen LogP contribution in [0.3, 0.4) is 0 Å². The number of likely N-dealkylation sites (tertiary alicyclic amines) is 1. The molecule has 1 saturated heterocycles. The average molecular weight is 182 g/mol. The van der Waals surface area contributed by atoms with Crippen molar-refractivity contribution in [1.29, 1.82) is 0 Å². The van der Waals surface area contributed by atoms with Crippen molar-refractivity contribution in [1.82, 2.24) is 4.90 Å². The van der Waals surface area contributed by atoms with Crippen LogP contribution in [0, 0.1) is 0 Å². The van der Waals surface area contributed by atoms with Crippen LogP contribution in [0.4, 0.5) is 0 Å². The van der Waals surface area contributed by atoms with Gasteiger partial charge in [0.05, 0.1) is 0 Å². The topological polar surface area (TPSA) is 29.3 Å². The van der Waals surface area contributed by atoms with E-state index in [4.69, 9.17) is 5.73 Å². The molecule has 12 heavy (non-hydrogen) atoms. The molecule has 2 unspecified atom stereocenters. The van der Waals surface area contributed by atoms with E-state index in [0.29, 0.717) is 12.0 Å². The number of likely N-dealkylation sites (N-methyl/N-ethyl adjacent to an activating group) is 1. The Bertz CT molecular complexity index is 245. The predicted molar refractivity (Wildman–Crippen MR) is 52.5 cm³/mol. The summed E-state index contributed by atoms with van der Waals surface area (Å²) in [7, 11) is 2.13. The van der Waals surface area contributed by atoms with Gasteiger partial charge in [0, 0.05) is 29.9 Å². The van der Waals surface area contributed by atoms with Gasteiger partial charge in [-0.25, -0.2) is 0 Å². The van der Waals surface area contributed by atoms with Gasteiger partial charge < -0.3 is 10.6 Å². The summed E-state index contributed by atoms with van der Waals surface area (Å²) in [6.45, 7) is 2.14. The molecule has 0 aromatic carbocycles. The van der Waals surface area contributed by atoms with E-state index in [9.17, 15) is 0 Å². The molecule has 0 aliphatic carbocycles. The Morgan fingerprint density at radius 2 is 2.42 bits per heavy atom. The van der Waals surface area contributed by atoms with Gasteiger partial charge in [0.25, 0.3) is 0 Å². The van der Waals surface area contributed by atoms with Gasteiger partial charge in [-0.05, 0) is 18.5 Å². The fourth-order valence-corrected chi connectivity index (χ4v) is 2.73. The summed E-state index contributed by atoms with van der Waals surface area (Å²) in [6.07, 6.45) is 0. The minimum absolute atomic E-state index is 0.327. The normalized spacial score (nSPS) is 31.2. The summed E-state index contributed by atoms with van der Waals surface area (Å²) < 4.78 is 0. The molecule has 3 heteroatoms. The molecule has 1 aliphatic rings. The maximum Gasteiger partial charge on any atom is 0.0257 e. The second-order valence-corrected chi connectivity index (χ2v) is 4.49. The fourth-order valence-electron chi connectivity index (χ4n) is 1.84. The largest absolute Gasteiger partial charge is 0.326 e. The van der Waals surface area contributed by atoms with E-state index in [1.165, 1.54) is 4.88 Å². The van der Waals surface area contributed by atoms with Crippen molar-refractivity contribution in [3.63, 3.8) is 0 Å². The van der Waals surface area contributed by atoms with E-state index in [1.54, 1.807) is 0 Å². The van der Waals surface area contributed by atoms with Crippen molar-refractivity contribution in [3.8, 4) is 0 Å².